The van der Waals surface area contributed by atoms with Crippen molar-refractivity contribution >= 4 is 5.97 Å². The van der Waals surface area contributed by atoms with Crippen LogP contribution in [-0.2, 0) is 4.79 Å². The maximum absolute atomic E-state index is 11.6. The molecule has 20 heavy (non-hydrogen) atoms. The van der Waals surface area contributed by atoms with Crippen molar-refractivity contribution in [1.29, 1.82) is 0 Å². The van der Waals surface area contributed by atoms with Crippen molar-refractivity contribution in [3.63, 3.8) is 0 Å². The molecular weight excluding hydrogens is 252 g/mol. The van der Waals surface area contributed by atoms with Gasteiger partial charge in [0.1, 0.15) is 5.54 Å². The summed E-state index contributed by atoms with van der Waals surface area (Å²) < 4.78 is 0. The number of likely N-dealkylation sites (N-methyl/N-ethyl adjacent to an activating group) is 1. The molecule has 2 aliphatic rings. The van der Waals surface area contributed by atoms with Crippen molar-refractivity contribution in [2.45, 2.75) is 65.0 Å². The van der Waals surface area contributed by atoms with Crippen LogP contribution >= 0.6 is 0 Å². The zero-order chi connectivity index (χ0) is 15.0. The van der Waals surface area contributed by atoms with Crippen molar-refractivity contribution < 1.29 is 9.90 Å². The quantitative estimate of drug-likeness (QED) is 0.831. The summed E-state index contributed by atoms with van der Waals surface area (Å²) in [6.07, 6.45) is 3.78. The molecule has 0 amide bonds. The van der Waals surface area contributed by atoms with Gasteiger partial charge in [-0.2, -0.15) is 0 Å². The van der Waals surface area contributed by atoms with Gasteiger partial charge in [0.15, 0.2) is 0 Å². The van der Waals surface area contributed by atoms with Gasteiger partial charge in [0.05, 0.1) is 0 Å². The highest BCUT2D eigenvalue weighted by Crippen LogP contribution is 2.39. The first-order valence-electron chi connectivity index (χ1n) is 8.01. The molecule has 1 saturated heterocycles. The van der Waals surface area contributed by atoms with Crippen LogP contribution in [-0.4, -0.2) is 47.2 Å². The second-order valence-corrected chi connectivity index (χ2v) is 7.66. The number of nitrogens with one attached hydrogen (secondary N) is 1. The molecule has 3 unspecified atom stereocenters. The Morgan fingerprint density at radius 1 is 1.40 bits per heavy atom. The smallest absolute Gasteiger partial charge is 0.323 e. The Morgan fingerprint density at radius 2 is 2.10 bits per heavy atom. The lowest BCUT2D eigenvalue weighted by Crippen LogP contribution is -2.51. The SMILES string of the molecule is CCNC1(C(=O)O)CCC(N2CCC(C(C)(C)C)C2)C1. The van der Waals surface area contributed by atoms with Gasteiger partial charge in [0.2, 0.25) is 0 Å². The minimum absolute atomic E-state index is 0.360. The summed E-state index contributed by atoms with van der Waals surface area (Å²) in [5.74, 6) is 0.0647. The summed E-state index contributed by atoms with van der Waals surface area (Å²) in [7, 11) is 0. The summed E-state index contributed by atoms with van der Waals surface area (Å²) in [5, 5.41) is 12.8. The molecule has 2 N–H and O–H groups in total. The molecule has 4 heteroatoms. The molecule has 1 saturated carbocycles. The molecule has 4 nitrogen and oxygen atoms in total. The molecule has 2 rings (SSSR count). The van der Waals surface area contributed by atoms with Crippen molar-refractivity contribution in [3.05, 3.63) is 0 Å². The largest absolute Gasteiger partial charge is 0.480 e. The van der Waals surface area contributed by atoms with Gasteiger partial charge in [0, 0.05) is 12.6 Å². The normalized spacial score (nSPS) is 35.6. The van der Waals surface area contributed by atoms with E-state index in [0.29, 0.717) is 11.5 Å². The number of hydrogen-bond donors (Lipinski definition) is 2. The molecule has 3 atom stereocenters. The number of likely N-dealkylation sites (tertiary alicyclic amines) is 1. The third-order valence-corrected chi connectivity index (χ3v) is 5.37. The maximum atomic E-state index is 11.6. The van der Waals surface area contributed by atoms with Crippen LogP contribution in [0.2, 0.25) is 0 Å². The van der Waals surface area contributed by atoms with Crippen molar-refractivity contribution in [2.24, 2.45) is 11.3 Å². The number of carboxylic acid groups (broad SMARTS) is 1. The molecule has 0 aromatic heterocycles. The van der Waals surface area contributed by atoms with E-state index in [1.807, 2.05) is 6.92 Å². The maximum Gasteiger partial charge on any atom is 0.323 e. The number of carbonyl (C=O) groups is 1. The predicted molar refractivity (Wildman–Crippen MR) is 80.8 cm³/mol. The van der Waals surface area contributed by atoms with Crippen molar-refractivity contribution in [1.82, 2.24) is 10.2 Å². The first kappa shape index (κ1) is 15.8. The van der Waals surface area contributed by atoms with Crippen LogP contribution in [0.3, 0.4) is 0 Å². The summed E-state index contributed by atoms with van der Waals surface area (Å²) in [4.78, 5) is 14.2. The Labute approximate surface area is 122 Å². The molecular formula is C16H30N2O2. The molecule has 116 valence electrons. The van der Waals surface area contributed by atoms with Gasteiger partial charge in [0.25, 0.3) is 0 Å². The van der Waals surface area contributed by atoms with Crippen LogP contribution in [0, 0.1) is 11.3 Å². The fourth-order valence-electron chi connectivity index (χ4n) is 3.93. The Hall–Kier alpha value is -0.610. The molecule has 1 heterocycles. The lowest BCUT2D eigenvalue weighted by molar-refractivity contribution is -0.144. The molecule has 2 fully saturated rings. The van der Waals surface area contributed by atoms with E-state index in [2.05, 4.69) is 31.0 Å². The standard InChI is InChI=1S/C16H30N2O2/c1-5-17-16(14(19)20)8-6-13(10-16)18-9-7-12(11-18)15(2,3)4/h12-13,17H,5-11H2,1-4H3,(H,19,20). The van der Waals surface area contributed by atoms with Gasteiger partial charge in [-0.1, -0.05) is 27.7 Å². The summed E-state index contributed by atoms with van der Waals surface area (Å²) in [6.45, 7) is 11.9. The zero-order valence-electron chi connectivity index (χ0n) is 13.4. The van der Waals surface area contributed by atoms with E-state index in [1.165, 1.54) is 6.42 Å². The lowest BCUT2D eigenvalue weighted by atomic mass is 9.80. The van der Waals surface area contributed by atoms with Gasteiger partial charge in [-0.3, -0.25) is 9.69 Å². The first-order chi connectivity index (χ1) is 9.28. The fourth-order valence-corrected chi connectivity index (χ4v) is 3.93. The van der Waals surface area contributed by atoms with E-state index in [4.69, 9.17) is 0 Å². The average molecular weight is 282 g/mol. The van der Waals surface area contributed by atoms with E-state index in [9.17, 15) is 9.90 Å². The number of aliphatic carboxylic acids is 1. The lowest BCUT2D eigenvalue weighted by Gasteiger charge is -2.30. The number of nitrogens with zero attached hydrogens (tertiary/aromatic N) is 1. The van der Waals surface area contributed by atoms with Gasteiger partial charge < -0.3 is 10.4 Å². The number of rotatable bonds is 4. The predicted octanol–water partition coefficient (Wildman–Crippen LogP) is 2.34. The molecule has 1 aliphatic heterocycles. The third kappa shape index (κ3) is 3.01. The zero-order valence-corrected chi connectivity index (χ0v) is 13.4. The number of hydrogen-bond acceptors (Lipinski definition) is 3. The molecule has 0 bridgehead atoms. The van der Waals surface area contributed by atoms with Gasteiger partial charge in [-0.25, -0.2) is 0 Å². The highest BCUT2D eigenvalue weighted by Gasteiger charge is 2.47. The monoisotopic (exact) mass is 282 g/mol. The molecule has 0 aromatic rings. The van der Waals surface area contributed by atoms with E-state index in [1.54, 1.807) is 0 Å². The summed E-state index contributed by atoms with van der Waals surface area (Å²) in [5.41, 5.74) is -0.321. The number of carboxylic acids is 1. The van der Waals surface area contributed by atoms with Gasteiger partial charge in [-0.15, -0.1) is 0 Å². The topological polar surface area (TPSA) is 52.6 Å². The average Bonchev–Trinajstić information content (AvgIpc) is 2.94. The van der Waals surface area contributed by atoms with Crippen molar-refractivity contribution in [3.8, 4) is 0 Å². The van der Waals surface area contributed by atoms with Crippen LogP contribution in [0.25, 0.3) is 0 Å². The Kier molecular flexibility index (Phi) is 4.45. The second-order valence-electron chi connectivity index (χ2n) is 7.66. The Balaban J connectivity index is 1.98. The van der Waals surface area contributed by atoms with Gasteiger partial charge >= 0.3 is 5.97 Å². The van der Waals surface area contributed by atoms with Crippen molar-refractivity contribution in [2.75, 3.05) is 19.6 Å². The summed E-state index contributed by atoms with van der Waals surface area (Å²) in [6, 6.07) is 0.442. The van der Waals surface area contributed by atoms with E-state index in [-0.39, 0.29) is 0 Å². The van der Waals surface area contributed by atoms with Crippen LogP contribution in [0.4, 0.5) is 0 Å². The summed E-state index contributed by atoms with van der Waals surface area (Å²) >= 11 is 0. The molecule has 0 spiro atoms. The van der Waals surface area contributed by atoms with Crippen LogP contribution < -0.4 is 5.32 Å². The van der Waals surface area contributed by atoms with Gasteiger partial charge in [-0.05, 0) is 50.1 Å². The van der Waals surface area contributed by atoms with E-state index >= 15 is 0 Å². The molecule has 0 aromatic carbocycles. The highest BCUT2D eigenvalue weighted by molar-refractivity contribution is 5.79. The van der Waals surface area contributed by atoms with E-state index in [0.717, 1.165) is 44.8 Å². The highest BCUT2D eigenvalue weighted by atomic mass is 16.4. The van der Waals surface area contributed by atoms with E-state index < -0.39 is 11.5 Å². The molecule has 0 radical (unpaired) electrons. The Morgan fingerprint density at radius 3 is 2.60 bits per heavy atom. The minimum atomic E-state index is -0.681. The second kappa shape index (κ2) is 5.64. The molecule has 1 aliphatic carbocycles. The van der Waals surface area contributed by atoms with Crippen LogP contribution in [0.1, 0.15) is 53.4 Å². The van der Waals surface area contributed by atoms with Crippen LogP contribution in [0.15, 0.2) is 0 Å². The fraction of sp³-hybridized carbons (Fsp3) is 0.938. The van der Waals surface area contributed by atoms with Crippen LogP contribution in [0.5, 0.6) is 0 Å². The Bertz CT molecular complexity index is 364. The first-order valence-corrected chi connectivity index (χ1v) is 8.01. The third-order valence-electron chi connectivity index (χ3n) is 5.37. The minimum Gasteiger partial charge on any atom is -0.480 e.